The van der Waals surface area contributed by atoms with Crippen molar-refractivity contribution in [2.45, 2.75) is 103 Å². The number of carbonyl (C=O) groups is 2. The number of rotatable bonds is 4. The first-order valence-corrected chi connectivity index (χ1v) is 16.1. The molecule has 3 aliphatic rings. The molecule has 2 amide bonds. The van der Waals surface area contributed by atoms with E-state index in [-0.39, 0.29) is 40.8 Å². The van der Waals surface area contributed by atoms with Gasteiger partial charge in [0.05, 0.1) is 12.0 Å². The van der Waals surface area contributed by atoms with Crippen LogP contribution in [0.5, 0.6) is 0 Å². The highest BCUT2D eigenvalue weighted by Gasteiger charge is 2.48. The van der Waals surface area contributed by atoms with Crippen LogP contribution in [0.25, 0.3) is 0 Å². The number of aryl methyl sites for hydroxylation is 1. The third kappa shape index (κ3) is 5.96. The zero-order chi connectivity index (χ0) is 31.4. The molecule has 8 heteroatoms. The summed E-state index contributed by atoms with van der Waals surface area (Å²) in [5, 5.41) is 0.712. The van der Waals surface area contributed by atoms with Gasteiger partial charge in [-0.3, -0.25) is 14.5 Å². The Morgan fingerprint density at radius 1 is 1.02 bits per heavy atom. The summed E-state index contributed by atoms with van der Waals surface area (Å²) in [6.07, 6.45) is 3.45. The van der Waals surface area contributed by atoms with Gasteiger partial charge in [0.25, 0.3) is 0 Å². The van der Waals surface area contributed by atoms with Crippen molar-refractivity contribution in [3.05, 3.63) is 69.2 Å². The minimum Gasteiger partial charge on any atom is -0.342 e. The van der Waals surface area contributed by atoms with Crippen LogP contribution >= 0.6 is 11.6 Å². The maximum atomic E-state index is 15.0. The number of halogens is 3. The molecule has 2 fully saturated rings. The van der Waals surface area contributed by atoms with Crippen molar-refractivity contribution in [2.24, 2.45) is 5.92 Å². The van der Waals surface area contributed by atoms with E-state index in [0.29, 0.717) is 36.8 Å². The van der Waals surface area contributed by atoms with E-state index in [1.807, 2.05) is 16.7 Å². The number of benzene rings is 2. The lowest BCUT2D eigenvalue weighted by molar-refractivity contribution is -0.138. The molecule has 1 unspecified atom stereocenters. The third-order valence-corrected chi connectivity index (χ3v) is 10.8. The normalized spacial score (nSPS) is 24.0. The number of carbonyl (C=O) groups excluding carboxylic acids is 2. The van der Waals surface area contributed by atoms with Crippen LogP contribution in [0.2, 0.25) is 5.02 Å². The summed E-state index contributed by atoms with van der Waals surface area (Å²) < 4.78 is 28.8. The second kappa shape index (κ2) is 11.8. The fraction of sp³-hybridized carbons (Fsp3) is 0.600. The SMILES string of the molecule is CC(=O)N(C(C)C)[C@H]1CCC2(CCN(C(=O)C3CN(C(C)(C)C)C[C@H]3c3ccc(F)cc3F)CC2)c2cc(C)c(Cl)cc21. The second-order valence-electron chi connectivity index (χ2n) is 14.3. The minimum absolute atomic E-state index is 0.0240. The lowest BCUT2D eigenvalue weighted by atomic mass is 9.63. The van der Waals surface area contributed by atoms with E-state index in [4.69, 9.17) is 11.6 Å². The number of hydrogen-bond donors (Lipinski definition) is 0. The maximum absolute atomic E-state index is 15.0. The van der Waals surface area contributed by atoms with Crippen molar-refractivity contribution in [1.29, 1.82) is 0 Å². The lowest BCUT2D eigenvalue weighted by Gasteiger charge is -2.50. The molecule has 5 nitrogen and oxygen atoms in total. The fourth-order valence-electron chi connectivity index (χ4n) is 8.00. The van der Waals surface area contributed by atoms with Gasteiger partial charge in [-0.15, -0.1) is 0 Å². The Morgan fingerprint density at radius 2 is 1.70 bits per heavy atom. The number of likely N-dealkylation sites (tertiary alicyclic amines) is 2. The van der Waals surface area contributed by atoms with Gasteiger partial charge in [0, 0.05) is 61.7 Å². The molecule has 2 saturated heterocycles. The standard InChI is InChI=1S/C35H46ClF2N3O2/c1-21(2)41(23(4)42)32-10-11-35(29-16-22(3)30(36)18-26(29)32)12-14-39(15-13-35)33(43)28-20-40(34(5,6)7)19-27(28)25-9-8-24(37)17-31(25)38/h8-9,16-18,21,27-28,32H,10-15,19-20H2,1-7H3/t27-,28?,32-/m0/s1. The predicted molar refractivity (Wildman–Crippen MR) is 167 cm³/mol. The van der Waals surface area contributed by atoms with E-state index in [9.17, 15) is 14.0 Å². The maximum Gasteiger partial charge on any atom is 0.227 e. The van der Waals surface area contributed by atoms with Gasteiger partial charge >= 0.3 is 0 Å². The highest BCUT2D eigenvalue weighted by Crippen LogP contribution is 2.51. The first-order chi connectivity index (χ1) is 20.1. The van der Waals surface area contributed by atoms with Crippen LogP contribution in [0.4, 0.5) is 8.78 Å². The molecule has 234 valence electrons. The van der Waals surface area contributed by atoms with Crippen LogP contribution in [-0.4, -0.2) is 64.3 Å². The highest BCUT2D eigenvalue weighted by molar-refractivity contribution is 6.31. The highest BCUT2D eigenvalue weighted by atomic mass is 35.5. The van der Waals surface area contributed by atoms with Crippen molar-refractivity contribution in [3.63, 3.8) is 0 Å². The number of piperidine rings is 1. The molecule has 0 bridgehead atoms. The average molecular weight is 614 g/mol. The molecule has 43 heavy (non-hydrogen) atoms. The van der Waals surface area contributed by atoms with Gasteiger partial charge in [-0.2, -0.15) is 0 Å². The second-order valence-corrected chi connectivity index (χ2v) is 14.7. The quantitative estimate of drug-likeness (QED) is 0.361. The first kappa shape index (κ1) is 31.9. The van der Waals surface area contributed by atoms with Crippen LogP contribution < -0.4 is 0 Å². The summed E-state index contributed by atoms with van der Waals surface area (Å²) in [7, 11) is 0. The van der Waals surface area contributed by atoms with Crippen LogP contribution in [0.1, 0.15) is 101 Å². The topological polar surface area (TPSA) is 43.9 Å². The molecular weight excluding hydrogens is 568 g/mol. The molecule has 1 aliphatic carbocycles. The number of nitrogens with zero attached hydrogens (tertiary/aromatic N) is 3. The Bertz CT molecular complexity index is 1400. The van der Waals surface area contributed by atoms with Crippen molar-refractivity contribution in [3.8, 4) is 0 Å². The molecule has 0 N–H and O–H groups in total. The number of hydrogen-bond acceptors (Lipinski definition) is 3. The van der Waals surface area contributed by atoms with Gasteiger partial charge in [0.1, 0.15) is 11.6 Å². The number of amides is 2. The van der Waals surface area contributed by atoms with Crippen molar-refractivity contribution in [2.75, 3.05) is 26.2 Å². The van der Waals surface area contributed by atoms with Gasteiger partial charge in [0.2, 0.25) is 11.8 Å². The molecule has 0 aromatic heterocycles. The summed E-state index contributed by atoms with van der Waals surface area (Å²) in [5.41, 5.74) is 3.56. The predicted octanol–water partition coefficient (Wildman–Crippen LogP) is 7.39. The van der Waals surface area contributed by atoms with E-state index in [2.05, 4.69) is 51.7 Å². The van der Waals surface area contributed by atoms with Crippen molar-refractivity contribution >= 4 is 23.4 Å². The molecule has 2 aliphatic heterocycles. The van der Waals surface area contributed by atoms with Crippen LogP contribution in [0, 0.1) is 24.5 Å². The Labute approximate surface area is 260 Å². The molecule has 0 radical (unpaired) electrons. The Kier molecular flexibility index (Phi) is 8.73. The van der Waals surface area contributed by atoms with Crippen LogP contribution in [0.3, 0.4) is 0 Å². The van der Waals surface area contributed by atoms with Gasteiger partial charge in [0.15, 0.2) is 0 Å². The first-order valence-electron chi connectivity index (χ1n) is 15.7. The molecule has 2 heterocycles. The minimum atomic E-state index is -0.609. The molecule has 2 aromatic carbocycles. The molecule has 5 rings (SSSR count). The average Bonchev–Trinajstić information content (AvgIpc) is 3.37. The molecule has 3 atom stereocenters. The monoisotopic (exact) mass is 613 g/mol. The van der Waals surface area contributed by atoms with Crippen molar-refractivity contribution in [1.82, 2.24) is 14.7 Å². The van der Waals surface area contributed by atoms with E-state index in [1.165, 1.54) is 17.7 Å². The van der Waals surface area contributed by atoms with Crippen molar-refractivity contribution < 1.29 is 18.4 Å². The van der Waals surface area contributed by atoms with Crippen LogP contribution in [-0.2, 0) is 15.0 Å². The summed E-state index contributed by atoms with van der Waals surface area (Å²) in [5.74, 6) is -1.81. The van der Waals surface area contributed by atoms with Gasteiger partial charge in [-0.05, 0) is 107 Å². The summed E-state index contributed by atoms with van der Waals surface area (Å²) in [6, 6.07) is 8.05. The van der Waals surface area contributed by atoms with Gasteiger partial charge in [-0.25, -0.2) is 8.78 Å². The zero-order valence-corrected chi connectivity index (χ0v) is 27.4. The molecule has 2 aromatic rings. The van der Waals surface area contributed by atoms with Crippen LogP contribution in [0.15, 0.2) is 30.3 Å². The van der Waals surface area contributed by atoms with Gasteiger partial charge in [-0.1, -0.05) is 23.7 Å². The van der Waals surface area contributed by atoms with E-state index < -0.39 is 17.6 Å². The lowest BCUT2D eigenvalue weighted by Crippen LogP contribution is -2.51. The zero-order valence-electron chi connectivity index (χ0n) is 26.6. The number of fused-ring (bicyclic) bond motifs is 2. The summed E-state index contributed by atoms with van der Waals surface area (Å²) in [4.78, 5) is 33.1. The summed E-state index contributed by atoms with van der Waals surface area (Å²) in [6.45, 7) is 16.4. The largest absolute Gasteiger partial charge is 0.342 e. The Hall–Kier alpha value is -2.51. The molecular formula is C35H46ClF2N3O2. The molecule has 0 saturated carbocycles. The Morgan fingerprint density at radius 3 is 2.28 bits per heavy atom. The van der Waals surface area contributed by atoms with Gasteiger partial charge < -0.3 is 9.80 Å². The van der Waals surface area contributed by atoms with E-state index in [0.717, 1.165) is 42.9 Å². The fourth-order valence-corrected chi connectivity index (χ4v) is 8.17. The molecule has 1 spiro atoms. The smallest absolute Gasteiger partial charge is 0.227 e. The third-order valence-electron chi connectivity index (χ3n) is 10.4. The summed E-state index contributed by atoms with van der Waals surface area (Å²) >= 11 is 6.66. The van der Waals surface area contributed by atoms with E-state index in [1.54, 1.807) is 6.92 Å². The Balaban J connectivity index is 1.41. The van der Waals surface area contributed by atoms with E-state index >= 15 is 4.39 Å².